The molecule has 0 saturated heterocycles. The number of hydrogen-bond donors (Lipinski definition) is 1. The van der Waals surface area contributed by atoms with Crippen LogP contribution in [0.25, 0.3) is 21.8 Å². The predicted octanol–water partition coefficient (Wildman–Crippen LogP) is 4.78. The van der Waals surface area contributed by atoms with Crippen molar-refractivity contribution in [1.82, 2.24) is 15.3 Å². The van der Waals surface area contributed by atoms with E-state index in [1.54, 1.807) is 12.3 Å². The van der Waals surface area contributed by atoms with Crippen molar-refractivity contribution >= 4 is 17.2 Å². The molecule has 0 saturated carbocycles. The van der Waals surface area contributed by atoms with Crippen LogP contribution in [0.15, 0.2) is 42.0 Å². The molecule has 3 aromatic rings. The fourth-order valence-electron chi connectivity index (χ4n) is 2.46. The fraction of sp³-hybridized carbons (Fsp3) is 0.167. The van der Waals surface area contributed by atoms with E-state index in [1.165, 1.54) is 12.1 Å². The van der Waals surface area contributed by atoms with Gasteiger partial charge in [-0.3, -0.25) is 9.78 Å². The van der Waals surface area contributed by atoms with Crippen molar-refractivity contribution in [2.24, 2.45) is 0 Å². The average molecular weight is 395 g/mol. The second-order valence-electron chi connectivity index (χ2n) is 5.51. The summed E-state index contributed by atoms with van der Waals surface area (Å²) in [6, 6.07) is 4.77. The molecule has 0 spiro atoms. The summed E-state index contributed by atoms with van der Waals surface area (Å²) in [7, 11) is 0. The van der Waals surface area contributed by atoms with Crippen LogP contribution in [0.1, 0.15) is 22.8 Å². The zero-order chi connectivity index (χ0) is 19.6. The van der Waals surface area contributed by atoms with Crippen molar-refractivity contribution in [3.8, 4) is 21.8 Å². The summed E-state index contributed by atoms with van der Waals surface area (Å²) >= 11 is 1.01. The van der Waals surface area contributed by atoms with Gasteiger partial charge in [-0.25, -0.2) is 9.37 Å². The summed E-state index contributed by atoms with van der Waals surface area (Å²) in [6.07, 6.45) is -2.36. The average Bonchev–Trinajstić information content (AvgIpc) is 3.11. The maximum absolute atomic E-state index is 13.9. The van der Waals surface area contributed by atoms with Crippen molar-refractivity contribution in [3.05, 3.63) is 59.0 Å². The van der Waals surface area contributed by atoms with Gasteiger partial charge >= 0.3 is 6.18 Å². The van der Waals surface area contributed by atoms with Gasteiger partial charge in [0, 0.05) is 35.4 Å². The lowest BCUT2D eigenvalue weighted by molar-refractivity contribution is -0.137. The van der Waals surface area contributed by atoms with E-state index in [1.807, 2.05) is 0 Å². The van der Waals surface area contributed by atoms with Crippen LogP contribution < -0.4 is 5.32 Å². The largest absolute Gasteiger partial charge is 0.417 e. The van der Waals surface area contributed by atoms with Crippen molar-refractivity contribution in [2.75, 3.05) is 6.54 Å². The third-order valence-corrected chi connectivity index (χ3v) is 4.58. The molecule has 2 heterocycles. The fourth-order valence-corrected chi connectivity index (χ4v) is 3.31. The lowest BCUT2D eigenvalue weighted by atomic mass is 10.1. The molecule has 0 aliphatic rings. The van der Waals surface area contributed by atoms with Gasteiger partial charge in [0.1, 0.15) is 10.8 Å². The van der Waals surface area contributed by atoms with Gasteiger partial charge in [-0.1, -0.05) is 0 Å². The third-order valence-electron chi connectivity index (χ3n) is 3.71. The summed E-state index contributed by atoms with van der Waals surface area (Å²) in [4.78, 5) is 19.9. The van der Waals surface area contributed by atoms with Crippen LogP contribution in [0.3, 0.4) is 0 Å². The van der Waals surface area contributed by atoms with Crippen molar-refractivity contribution in [1.29, 1.82) is 0 Å². The molecule has 0 bridgehead atoms. The topological polar surface area (TPSA) is 54.9 Å². The minimum atomic E-state index is -4.54. The molecule has 1 N–H and O–H groups in total. The van der Waals surface area contributed by atoms with Crippen LogP contribution in [-0.4, -0.2) is 22.4 Å². The highest BCUT2D eigenvalue weighted by Gasteiger charge is 2.34. The Morgan fingerprint density at radius 1 is 1.26 bits per heavy atom. The van der Waals surface area contributed by atoms with Crippen LogP contribution >= 0.6 is 11.3 Å². The molecule has 1 aromatic carbocycles. The molecular weight excluding hydrogens is 382 g/mol. The normalized spacial score (nSPS) is 11.4. The number of nitrogens with zero attached hydrogens (tertiary/aromatic N) is 2. The molecule has 0 aliphatic heterocycles. The number of hydrogen-bond acceptors (Lipinski definition) is 4. The molecule has 4 nitrogen and oxygen atoms in total. The number of halogens is 4. The lowest BCUT2D eigenvalue weighted by Gasteiger charge is -2.10. The third kappa shape index (κ3) is 3.97. The van der Waals surface area contributed by atoms with E-state index < -0.39 is 23.5 Å². The molecule has 140 valence electrons. The monoisotopic (exact) mass is 395 g/mol. The van der Waals surface area contributed by atoms with Crippen LogP contribution in [0.2, 0.25) is 0 Å². The zero-order valence-electron chi connectivity index (χ0n) is 14.0. The zero-order valence-corrected chi connectivity index (χ0v) is 14.8. The van der Waals surface area contributed by atoms with E-state index in [0.717, 1.165) is 35.9 Å². The number of aromatic nitrogens is 2. The van der Waals surface area contributed by atoms with Crippen molar-refractivity contribution < 1.29 is 22.4 Å². The van der Waals surface area contributed by atoms with Gasteiger partial charge in [0.15, 0.2) is 0 Å². The smallest absolute Gasteiger partial charge is 0.352 e. The van der Waals surface area contributed by atoms with E-state index in [0.29, 0.717) is 17.8 Å². The number of carbonyl (C=O) groups is 1. The first-order valence-electron chi connectivity index (χ1n) is 7.86. The molecule has 3 rings (SSSR count). The van der Waals surface area contributed by atoms with E-state index >= 15 is 0 Å². The number of pyridine rings is 1. The molecule has 0 unspecified atom stereocenters. The molecule has 2 aromatic heterocycles. The first kappa shape index (κ1) is 19.0. The molecule has 0 aliphatic carbocycles. The summed E-state index contributed by atoms with van der Waals surface area (Å²) in [5.41, 5.74) is -0.343. The first-order valence-corrected chi connectivity index (χ1v) is 8.74. The lowest BCUT2D eigenvalue weighted by Crippen LogP contribution is -2.23. The summed E-state index contributed by atoms with van der Waals surface area (Å²) in [5.74, 6) is -1.26. The Hall–Kier alpha value is -2.81. The van der Waals surface area contributed by atoms with Crippen molar-refractivity contribution in [3.63, 3.8) is 0 Å². The number of nitrogens with one attached hydrogen (secondary N) is 1. The van der Waals surface area contributed by atoms with E-state index in [4.69, 9.17) is 0 Å². The highest BCUT2D eigenvalue weighted by Crippen LogP contribution is 2.38. The summed E-state index contributed by atoms with van der Waals surface area (Å²) < 4.78 is 53.5. The van der Waals surface area contributed by atoms with Gasteiger partial charge in [-0.15, -0.1) is 11.3 Å². The number of benzene rings is 1. The predicted molar refractivity (Wildman–Crippen MR) is 93.7 cm³/mol. The van der Waals surface area contributed by atoms with Crippen LogP contribution in [-0.2, 0) is 6.18 Å². The van der Waals surface area contributed by atoms with Gasteiger partial charge in [0.05, 0.1) is 16.8 Å². The molecular formula is C18H13F4N3OS. The van der Waals surface area contributed by atoms with E-state index in [9.17, 15) is 22.4 Å². The van der Waals surface area contributed by atoms with Gasteiger partial charge in [-0.2, -0.15) is 13.2 Å². The Kier molecular flexibility index (Phi) is 5.22. The molecule has 27 heavy (non-hydrogen) atoms. The minimum Gasteiger partial charge on any atom is -0.352 e. The number of carbonyl (C=O) groups excluding carboxylic acids is 1. The van der Waals surface area contributed by atoms with Crippen molar-refractivity contribution in [2.45, 2.75) is 13.1 Å². The Labute approximate surface area is 155 Å². The SMILES string of the molecule is CCNC(=O)c1cc(-c2csc(-c3cnccc3C(F)(F)F)n2)ccc1F. The van der Waals surface area contributed by atoms with Gasteiger partial charge in [-0.05, 0) is 31.2 Å². The standard InChI is InChI=1S/C18H13F4N3OS/c1-2-24-16(26)11-7-10(3-4-14(11)19)15-9-27-17(25-15)12-8-23-6-5-13(12)18(20,21)22/h3-9H,2H2,1H3,(H,24,26). The Morgan fingerprint density at radius 3 is 2.74 bits per heavy atom. The maximum atomic E-state index is 13.9. The second-order valence-corrected chi connectivity index (χ2v) is 6.37. The molecule has 0 atom stereocenters. The van der Waals surface area contributed by atoms with Crippen LogP contribution in [0.5, 0.6) is 0 Å². The summed E-state index contributed by atoms with van der Waals surface area (Å²) in [5, 5.41) is 4.19. The van der Waals surface area contributed by atoms with Crippen LogP contribution in [0.4, 0.5) is 17.6 Å². The highest BCUT2D eigenvalue weighted by atomic mass is 32.1. The number of rotatable bonds is 4. The van der Waals surface area contributed by atoms with Crippen LogP contribution in [0, 0.1) is 5.82 Å². The Morgan fingerprint density at radius 2 is 2.04 bits per heavy atom. The molecule has 1 amide bonds. The molecule has 0 radical (unpaired) electrons. The molecule has 9 heteroatoms. The number of amides is 1. The van der Waals surface area contributed by atoms with Gasteiger partial charge < -0.3 is 5.32 Å². The van der Waals surface area contributed by atoms with E-state index in [-0.39, 0.29) is 16.1 Å². The number of alkyl halides is 3. The van der Waals surface area contributed by atoms with Gasteiger partial charge in [0.2, 0.25) is 0 Å². The maximum Gasteiger partial charge on any atom is 0.417 e. The minimum absolute atomic E-state index is 0.132. The first-order chi connectivity index (χ1) is 12.8. The Balaban J connectivity index is 2.01. The quantitative estimate of drug-likeness (QED) is 0.647. The van der Waals surface area contributed by atoms with E-state index in [2.05, 4.69) is 15.3 Å². The Bertz CT molecular complexity index is 985. The summed E-state index contributed by atoms with van der Waals surface area (Å²) in [6.45, 7) is 2.04. The number of thiazole rings is 1. The molecule has 0 fully saturated rings. The van der Waals surface area contributed by atoms with Gasteiger partial charge in [0.25, 0.3) is 5.91 Å². The highest BCUT2D eigenvalue weighted by molar-refractivity contribution is 7.13. The second kappa shape index (κ2) is 7.43.